The van der Waals surface area contributed by atoms with E-state index in [-0.39, 0.29) is 35.6 Å². The van der Waals surface area contributed by atoms with E-state index in [1.54, 1.807) is 24.3 Å². The highest BCUT2D eigenvalue weighted by atomic mass is 32.1. The summed E-state index contributed by atoms with van der Waals surface area (Å²) >= 11 is 5.00. The predicted molar refractivity (Wildman–Crippen MR) is 98.2 cm³/mol. The zero-order valence-corrected chi connectivity index (χ0v) is 14.0. The number of nitrogens with one attached hydrogen (secondary N) is 4. The van der Waals surface area contributed by atoms with Crippen LogP contribution in [0, 0.1) is 5.82 Å². The molecule has 0 bridgehead atoms. The quantitative estimate of drug-likeness (QED) is 0.487. The number of amides is 2. The van der Waals surface area contributed by atoms with Crippen molar-refractivity contribution in [3.63, 3.8) is 0 Å². The first kappa shape index (κ1) is 18.3. The molecule has 0 saturated carbocycles. The van der Waals surface area contributed by atoms with Gasteiger partial charge in [0, 0.05) is 24.2 Å². The SMILES string of the molecule is O=C(CCC(=O)Nc1ccccc1)NNC(=S)Nc1ccc(F)cc1. The second kappa shape index (κ2) is 9.33. The number of hydrazine groups is 1. The summed E-state index contributed by atoms with van der Waals surface area (Å²) in [6.07, 6.45) is 0.0470. The number of thiocarbonyl (C=S) groups is 1. The van der Waals surface area contributed by atoms with E-state index in [1.165, 1.54) is 24.3 Å². The van der Waals surface area contributed by atoms with Crippen molar-refractivity contribution >= 4 is 40.5 Å². The highest BCUT2D eigenvalue weighted by Gasteiger charge is 2.07. The maximum atomic E-state index is 12.8. The van der Waals surface area contributed by atoms with Crippen molar-refractivity contribution in [1.82, 2.24) is 10.9 Å². The second-order valence-corrected chi connectivity index (χ2v) is 5.46. The lowest BCUT2D eigenvalue weighted by Gasteiger charge is -2.11. The molecule has 8 heteroatoms. The average molecular weight is 360 g/mol. The normalized spacial score (nSPS) is 9.80. The molecule has 0 spiro atoms. The molecule has 130 valence electrons. The van der Waals surface area contributed by atoms with E-state index in [4.69, 9.17) is 12.2 Å². The van der Waals surface area contributed by atoms with Gasteiger partial charge >= 0.3 is 0 Å². The van der Waals surface area contributed by atoms with E-state index >= 15 is 0 Å². The molecule has 4 N–H and O–H groups in total. The molecule has 2 aromatic rings. The molecular formula is C17H17FN4O2S. The Morgan fingerprint density at radius 2 is 1.40 bits per heavy atom. The van der Waals surface area contributed by atoms with Crippen LogP contribution >= 0.6 is 12.2 Å². The van der Waals surface area contributed by atoms with Crippen LogP contribution in [0.4, 0.5) is 15.8 Å². The van der Waals surface area contributed by atoms with Gasteiger partial charge in [-0.3, -0.25) is 20.4 Å². The Balaban J connectivity index is 1.65. The van der Waals surface area contributed by atoms with Crippen molar-refractivity contribution in [2.75, 3.05) is 10.6 Å². The first-order valence-electron chi connectivity index (χ1n) is 7.49. The monoisotopic (exact) mass is 360 g/mol. The van der Waals surface area contributed by atoms with Crippen LogP contribution in [-0.2, 0) is 9.59 Å². The summed E-state index contributed by atoms with van der Waals surface area (Å²) in [5.41, 5.74) is 6.16. The summed E-state index contributed by atoms with van der Waals surface area (Å²) in [5.74, 6) is -0.994. The van der Waals surface area contributed by atoms with Crippen LogP contribution in [0.25, 0.3) is 0 Å². The summed E-state index contributed by atoms with van der Waals surface area (Å²) in [4.78, 5) is 23.5. The molecule has 0 aliphatic carbocycles. The molecule has 0 unspecified atom stereocenters. The number of hydrogen-bond donors (Lipinski definition) is 4. The van der Waals surface area contributed by atoms with Gasteiger partial charge in [-0.05, 0) is 48.6 Å². The number of benzene rings is 2. The second-order valence-electron chi connectivity index (χ2n) is 5.05. The highest BCUT2D eigenvalue weighted by molar-refractivity contribution is 7.80. The Morgan fingerprint density at radius 3 is 2.08 bits per heavy atom. The minimum atomic E-state index is -0.383. The van der Waals surface area contributed by atoms with Crippen LogP contribution in [0.2, 0.25) is 0 Å². The van der Waals surface area contributed by atoms with Crippen molar-refractivity contribution in [2.24, 2.45) is 0 Å². The Kier molecular flexibility index (Phi) is 6.85. The lowest BCUT2D eigenvalue weighted by molar-refractivity contribution is -0.124. The van der Waals surface area contributed by atoms with Gasteiger partial charge in [-0.15, -0.1) is 0 Å². The zero-order chi connectivity index (χ0) is 18.1. The van der Waals surface area contributed by atoms with E-state index in [2.05, 4.69) is 21.5 Å². The third-order valence-corrected chi connectivity index (χ3v) is 3.26. The Labute approximate surface area is 149 Å². The molecule has 0 fully saturated rings. The van der Waals surface area contributed by atoms with E-state index in [0.717, 1.165) is 0 Å². The maximum Gasteiger partial charge on any atom is 0.238 e. The van der Waals surface area contributed by atoms with Gasteiger partial charge in [0.1, 0.15) is 5.82 Å². The third kappa shape index (κ3) is 6.96. The highest BCUT2D eigenvalue weighted by Crippen LogP contribution is 2.08. The molecule has 0 aliphatic rings. The fraction of sp³-hybridized carbons (Fsp3) is 0.118. The number of para-hydroxylation sites is 1. The number of halogens is 1. The maximum absolute atomic E-state index is 12.8. The van der Waals surface area contributed by atoms with Crippen LogP contribution in [0.1, 0.15) is 12.8 Å². The van der Waals surface area contributed by atoms with Gasteiger partial charge in [0.2, 0.25) is 11.8 Å². The van der Waals surface area contributed by atoms with Crippen molar-refractivity contribution < 1.29 is 14.0 Å². The van der Waals surface area contributed by atoms with Crippen LogP contribution < -0.4 is 21.5 Å². The standard InChI is InChI=1S/C17H17FN4O2S/c18-12-6-8-14(9-7-12)20-17(25)22-21-16(24)11-10-15(23)19-13-4-2-1-3-5-13/h1-9H,10-11H2,(H,19,23)(H,21,24)(H2,20,22,25). The fourth-order valence-electron chi connectivity index (χ4n) is 1.86. The summed E-state index contributed by atoms with van der Waals surface area (Å²) in [6.45, 7) is 0. The molecule has 2 rings (SSSR count). The van der Waals surface area contributed by atoms with E-state index in [0.29, 0.717) is 11.4 Å². The number of carbonyl (C=O) groups is 2. The van der Waals surface area contributed by atoms with Gasteiger partial charge in [-0.1, -0.05) is 18.2 Å². The van der Waals surface area contributed by atoms with Crippen molar-refractivity contribution in [2.45, 2.75) is 12.8 Å². The van der Waals surface area contributed by atoms with Crippen molar-refractivity contribution in [1.29, 1.82) is 0 Å². The van der Waals surface area contributed by atoms with E-state index in [9.17, 15) is 14.0 Å². The van der Waals surface area contributed by atoms with Gasteiger partial charge < -0.3 is 10.6 Å². The molecule has 2 aromatic carbocycles. The van der Waals surface area contributed by atoms with Crippen molar-refractivity contribution in [3.8, 4) is 0 Å². The lowest BCUT2D eigenvalue weighted by Crippen LogP contribution is -2.43. The minimum absolute atomic E-state index is 0.00479. The fourth-order valence-corrected chi connectivity index (χ4v) is 2.03. The summed E-state index contributed by atoms with van der Waals surface area (Å²) in [5, 5.41) is 5.62. The lowest BCUT2D eigenvalue weighted by atomic mass is 10.2. The number of rotatable bonds is 5. The molecule has 25 heavy (non-hydrogen) atoms. The van der Waals surface area contributed by atoms with Gasteiger partial charge in [0.25, 0.3) is 0 Å². The molecule has 2 amide bonds. The average Bonchev–Trinajstić information content (AvgIpc) is 2.61. The van der Waals surface area contributed by atoms with Gasteiger partial charge in [-0.25, -0.2) is 4.39 Å². The molecule has 6 nitrogen and oxygen atoms in total. The van der Waals surface area contributed by atoms with Gasteiger partial charge in [0.15, 0.2) is 5.11 Å². The zero-order valence-electron chi connectivity index (χ0n) is 13.2. The van der Waals surface area contributed by atoms with Crippen LogP contribution in [0.5, 0.6) is 0 Å². The first-order valence-corrected chi connectivity index (χ1v) is 7.90. The molecule has 0 heterocycles. The smallest absolute Gasteiger partial charge is 0.238 e. The van der Waals surface area contributed by atoms with E-state index in [1.807, 2.05) is 6.07 Å². The van der Waals surface area contributed by atoms with E-state index < -0.39 is 0 Å². The van der Waals surface area contributed by atoms with Crippen LogP contribution in [0.15, 0.2) is 54.6 Å². The molecule has 0 saturated heterocycles. The molecule has 0 aromatic heterocycles. The molecule has 0 aliphatic heterocycles. The largest absolute Gasteiger partial charge is 0.331 e. The summed E-state index contributed by atoms with van der Waals surface area (Å²) < 4.78 is 12.8. The minimum Gasteiger partial charge on any atom is -0.331 e. The number of carbonyl (C=O) groups excluding carboxylic acids is 2. The molecule has 0 atom stereocenters. The van der Waals surface area contributed by atoms with Crippen LogP contribution in [0.3, 0.4) is 0 Å². The number of anilines is 2. The predicted octanol–water partition coefficient (Wildman–Crippen LogP) is 2.56. The summed E-state index contributed by atoms with van der Waals surface area (Å²) in [6, 6.07) is 14.6. The Hall–Kier alpha value is -3.00. The van der Waals surface area contributed by atoms with Crippen LogP contribution in [-0.4, -0.2) is 16.9 Å². The first-order chi connectivity index (χ1) is 12.0. The molecule has 0 radical (unpaired) electrons. The third-order valence-electron chi connectivity index (χ3n) is 3.05. The van der Waals surface area contributed by atoms with Gasteiger partial charge in [0.05, 0.1) is 0 Å². The van der Waals surface area contributed by atoms with Gasteiger partial charge in [-0.2, -0.15) is 0 Å². The number of hydrogen-bond acceptors (Lipinski definition) is 3. The Bertz CT molecular complexity index is 738. The van der Waals surface area contributed by atoms with Crippen molar-refractivity contribution in [3.05, 3.63) is 60.4 Å². The topological polar surface area (TPSA) is 82.3 Å². The Morgan fingerprint density at radius 1 is 0.800 bits per heavy atom. The summed E-state index contributed by atoms with van der Waals surface area (Å²) in [7, 11) is 0. The molecular weight excluding hydrogens is 343 g/mol.